The number of hydrogen-bond acceptors (Lipinski definition) is 3. The van der Waals surface area contributed by atoms with Crippen LogP contribution in [0.4, 0.5) is 0 Å². The van der Waals surface area contributed by atoms with Crippen LogP contribution in [0, 0.1) is 17.3 Å². The molecule has 0 spiro atoms. The van der Waals surface area contributed by atoms with Gasteiger partial charge in [-0.25, -0.2) is 4.98 Å². The van der Waals surface area contributed by atoms with Crippen LogP contribution in [0.1, 0.15) is 31.2 Å². The van der Waals surface area contributed by atoms with E-state index in [0.29, 0.717) is 24.1 Å². The monoisotopic (exact) mass is 261 g/mol. The summed E-state index contributed by atoms with van der Waals surface area (Å²) in [6.07, 6.45) is 6.36. The molecule has 2 fully saturated rings. The van der Waals surface area contributed by atoms with Gasteiger partial charge in [-0.15, -0.1) is 0 Å². The summed E-state index contributed by atoms with van der Waals surface area (Å²) in [7, 11) is 1.58. The Morgan fingerprint density at radius 3 is 3.00 bits per heavy atom. The molecule has 2 bridgehead atoms. The lowest BCUT2D eigenvalue weighted by Crippen LogP contribution is -2.38. The molecular formula is C15H19NO3. The van der Waals surface area contributed by atoms with Crippen molar-refractivity contribution in [2.24, 2.45) is 17.3 Å². The lowest BCUT2D eigenvalue weighted by Gasteiger charge is -2.33. The summed E-state index contributed by atoms with van der Waals surface area (Å²) < 4.78 is 5.26. The zero-order valence-corrected chi connectivity index (χ0v) is 11.1. The second kappa shape index (κ2) is 4.51. The van der Waals surface area contributed by atoms with Gasteiger partial charge in [-0.3, -0.25) is 4.79 Å². The number of fused-ring (bicyclic) bond motifs is 2. The Bertz CT molecular complexity index is 502. The number of aliphatic carboxylic acids is 1. The van der Waals surface area contributed by atoms with Gasteiger partial charge in [0.25, 0.3) is 0 Å². The van der Waals surface area contributed by atoms with Crippen molar-refractivity contribution in [2.75, 3.05) is 7.11 Å². The molecule has 4 heteroatoms. The Morgan fingerprint density at radius 1 is 1.58 bits per heavy atom. The van der Waals surface area contributed by atoms with E-state index in [2.05, 4.69) is 4.98 Å². The Morgan fingerprint density at radius 2 is 2.42 bits per heavy atom. The largest absolute Gasteiger partial charge is 0.481 e. The van der Waals surface area contributed by atoms with E-state index in [0.717, 1.165) is 24.8 Å². The number of rotatable bonds is 4. The molecule has 2 aliphatic rings. The number of aromatic nitrogens is 1. The second-order valence-corrected chi connectivity index (χ2v) is 5.89. The summed E-state index contributed by atoms with van der Waals surface area (Å²) >= 11 is 0. The molecule has 1 N–H and O–H groups in total. The first-order valence-electron chi connectivity index (χ1n) is 6.87. The van der Waals surface area contributed by atoms with Gasteiger partial charge in [0.05, 0.1) is 12.5 Å². The normalized spacial score (nSPS) is 32.5. The number of methoxy groups -OCH3 is 1. The SMILES string of the molecule is COc1ncccc1CC1(C(=O)O)CC2CCC1C2. The number of hydrogen-bond donors (Lipinski definition) is 1. The third kappa shape index (κ3) is 1.90. The molecular weight excluding hydrogens is 242 g/mol. The van der Waals surface area contributed by atoms with Gasteiger partial charge in [0.1, 0.15) is 0 Å². The molecule has 1 aromatic rings. The van der Waals surface area contributed by atoms with Gasteiger partial charge in [-0.05, 0) is 43.6 Å². The summed E-state index contributed by atoms with van der Waals surface area (Å²) in [4.78, 5) is 16.0. The van der Waals surface area contributed by atoms with Gasteiger partial charge in [0.2, 0.25) is 5.88 Å². The Balaban J connectivity index is 1.93. The topological polar surface area (TPSA) is 59.4 Å². The van der Waals surface area contributed by atoms with Crippen molar-refractivity contribution in [1.82, 2.24) is 4.98 Å². The maximum absolute atomic E-state index is 11.9. The predicted molar refractivity (Wildman–Crippen MR) is 70.0 cm³/mol. The number of ether oxygens (including phenoxy) is 1. The number of nitrogens with zero attached hydrogens (tertiary/aromatic N) is 1. The lowest BCUT2D eigenvalue weighted by molar-refractivity contribution is -0.152. The number of carboxylic acids is 1. The van der Waals surface area contributed by atoms with E-state index >= 15 is 0 Å². The quantitative estimate of drug-likeness (QED) is 0.904. The van der Waals surface area contributed by atoms with E-state index in [1.807, 2.05) is 12.1 Å². The molecule has 102 valence electrons. The second-order valence-electron chi connectivity index (χ2n) is 5.89. The molecule has 3 rings (SSSR count). The van der Waals surface area contributed by atoms with Crippen LogP contribution in [0.3, 0.4) is 0 Å². The standard InChI is InChI=1S/C15H19NO3/c1-19-13-11(3-2-6-16-13)9-15(14(17)18)8-10-4-5-12(15)7-10/h2-3,6,10,12H,4-5,7-9H2,1H3,(H,17,18). The summed E-state index contributed by atoms with van der Waals surface area (Å²) in [5.41, 5.74) is 0.319. The van der Waals surface area contributed by atoms with E-state index in [1.54, 1.807) is 13.3 Å². The van der Waals surface area contributed by atoms with Crippen LogP contribution < -0.4 is 4.74 Å². The lowest BCUT2D eigenvalue weighted by atomic mass is 9.69. The molecule has 1 heterocycles. The highest BCUT2D eigenvalue weighted by atomic mass is 16.5. The molecule has 3 atom stereocenters. The van der Waals surface area contributed by atoms with E-state index in [4.69, 9.17) is 4.74 Å². The first-order chi connectivity index (χ1) is 9.15. The average molecular weight is 261 g/mol. The van der Waals surface area contributed by atoms with Crippen LogP contribution in [0.2, 0.25) is 0 Å². The number of pyridine rings is 1. The van der Waals surface area contributed by atoms with Gasteiger partial charge in [-0.1, -0.05) is 12.5 Å². The van der Waals surface area contributed by atoms with Gasteiger partial charge < -0.3 is 9.84 Å². The molecule has 19 heavy (non-hydrogen) atoms. The summed E-state index contributed by atoms with van der Waals surface area (Å²) in [5.74, 6) is 0.834. The minimum atomic E-state index is -0.648. The third-order valence-electron chi connectivity index (χ3n) is 4.95. The van der Waals surface area contributed by atoms with Gasteiger partial charge in [0.15, 0.2) is 0 Å². The summed E-state index contributed by atoms with van der Waals surface area (Å²) in [6.45, 7) is 0. The van der Waals surface area contributed by atoms with Crippen molar-refractivity contribution in [2.45, 2.75) is 32.1 Å². The van der Waals surface area contributed by atoms with E-state index < -0.39 is 11.4 Å². The van der Waals surface area contributed by atoms with Crippen LogP contribution >= 0.6 is 0 Å². The van der Waals surface area contributed by atoms with Crippen molar-refractivity contribution in [3.8, 4) is 5.88 Å². The van der Waals surface area contributed by atoms with Crippen molar-refractivity contribution >= 4 is 5.97 Å². The zero-order chi connectivity index (χ0) is 13.5. The van der Waals surface area contributed by atoms with Gasteiger partial charge >= 0.3 is 5.97 Å². The Labute approximate surface area is 112 Å². The van der Waals surface area contributed by atoms with Crippen molar-refractivity contribution < 1.29 is 14.6 Å². The molecule has 0 amide bonds. The molecule has 4 nitrogen and oxygen atoms in total. The fraction of sp³-hybridized carbons (Fsp3) is 0.600. The Kier molecular flexibility index (Phi) is 2.96. The van der Waals surface area contributed by atoms with E-state index in [-0.39, 0.29) is 0 Å². The van der Waals surface area contributed by atoms with Gasteiger partial charge in [0, 0.05) is 11.8 Å². The molecule has 0 saturated heterocycles. The molecule has 0 radical (unpaired) electrons. The third-order valence-corrected chi connectivity index (χ3v) is 4.95. The minimum Gasteiger partial charge on any atom is -0.481 e. The first kappa shape index (κ1) is 12.5. The zero-order valence-electron chi connectivity index (χ0n) is 11.1. The van der Waals surface area contributed by atoms with Crippen molar-refractivity contribution in [3.05, 3.63) is 23.9 Å². The smallest absolute Gasteiger partial charge is 0.310 e. The first-order valence-corrected chi connectivity index (χ1v) is 6.87. The van der Waals surface area contributed by atoms with E-state index in [1.165, 1.54) is 6.42 Å². The van der Waals surface area contributed by atoms with Crippen LogP contribution in [-0.4, -0.2) is 23.2 Å². The maximum Gasteiger partial charge on any atom is 0.310 e. The van der Waals surface area contributed by atoms with Crippen LogP contribution in [-0.2, 0) is 11.2 Å². The predicted octanol–water partition coefficient (Wildman–Crippen LogP) is 2.52. The number of carboxylic acid groups (broad SMARTS) is 1. The molecule has 0 aromatic carbocycles. The van der Waals surface area contributed by atoms with Crippen LogP contribution in [0.5, 0.6) is 5.88 Å². The fourth-order valence-electron chi connectivity index (χ4n) is 4.08. The fourth-order valence-corrected chi connectivity index (χ4v) is 4.08. The Hall–Kier alpha value is -1.58. The average Bonchev–Trinajstić information content (AvgIpc) is 3.00. The van der Waals surface area contributed by atoms with E-state index in [9.17, 15) is 9.90 Å². The highest BCUT2D eigenvalue weighted by molar-refractivity contribution is 5.76. The summed E-state index contributed by atoms with van der Waals surface area (Å²) in [5, 5.41) is 9.75. The molecule has 2 aliphatic carbocycles. The summed E-state index contributed by atoms with van der Waals surface area (Å²) in [6, 6.07) is 3.78. The van der Waals surface area contributed by atoms with Gasteiger partial charge in [-0.2, -0.15) is 0 Å². The highest BCUT2D eigenvalue weighted by Gasteiger charge is 2.55. The highest BCUT2D eigenvalue weighted by Crippen LogP contribution is 2.57. The molecule has 3 unspecified atom stereocenters. The van der Waals surface area contributed by atoms with Crippen LogP contribution in [0.15, 0.2) is 18.3 Å². The maximum atomic E-state index is 11.9. The van der Waals surface area contributed by atoms with Crippen LogP contribution in [0.25, 0.3) is 0 Å². The van der Waals surface area contributed by atoms with Crippen molar-refractivity contribution in [1.29, 1.82) is 0 Å². The molecule has 1 aromatic heterocycles. The van der Waals surface area contributed by atoms with Crippen molar-refractivity contribution in [3.63, 3.8) is 0 Å². The molecule has 0 aliphatic heterocycles. The molecule has 2 saturated carbocycles. The minimum absolute atomic E-state index is 0.319. The number of carbonyl (C=O) groups is 1.